The maximum absolute atomic E-state index is 13.1. The molecule has 2 atom stereocenters. The van der Waals surface area contributed by atoms with Gasteiger partial charge >= 0.3 is 0 Å². The molecule has 2 aliphatic rings. The smallest absolute Gasteiger partial charge is 0.227 e. The van der Waals surface area contributed by atoms with Crippen LogP contribution in [-0.4, -0.2) is 26.3 Å². The fourth-order valence-electron chi connectivity index (χ4n) is 3.82. The maximum Gasteiger partial charge on any atom is 0.227 e. The fourth-order valence-corrected chi connectivity index (χ4v) is 4.63. The van der Waals surface area contributed by atoms with Gasteiger partial charge in [-0.3, -0.25) is 4.79 Å². The summed E-state index contributed by atoms with van der Waals surface area (Å²) in [5.41, 5.74) is 1.63. The van der Waals surface area contributed by atoms with Crippen LogP contribution in [0.2, 0.25) is 5.02 Å². The van der Waals surface area contributed by atoms with Crippen LogP contribution in [0.25, 0.3) is 0 Å². The molecule has 26 heavy (non-hydrogen) atoms. The van der Waals surface area contributed by atoms with Crippen LogP contribution in [-0.2, 0) is 4.79 Å². The van der Waals surface area contributed by atoms with Crippen molar-refractivity contribution in [3.05, 3.63) is 46.6 Å². The minimum Gasteiger partial charge on any atom is -0.328 e. The van der Waals surface area contributed by atoms with E-state index in [0.29, 0.717) is 22.5 Å². The standard InChI is InChI=1S/C19H21ClN4OS/c1-4-26-18-22-17-21-13-9-19(2,3)10-14(25)15(13)16(24(17)23-18)11-7-5-6-8-12(11)20/h5-9,15-16H,4,10H2,1-3H3,(H,21,22,23)/t15-,16-/m0/s1. The van der Waals surface area contributed by atoms with Crippen LogP contribution in [0.3, 0.4) is 0 Å². The monoisotopic (exact) mass is 388 g/mol. The van der Waals surface area contributed by atoms with E-state index in [1.165, 1.54) is 0 Å². The Labute approximate surface area is 162 Å². The van der Waals surface area contributed by atoms with Gasteiger partial charge in [0, 0.05) is 17.1 Å². The van der Waals surface area contributed by atoms with E-state index in [0.717, 1.165) is 17.0 Å². The first-order valence-electron chi connectivity index (χ1n) is 8.76. The van der Waals surface area contributed by atoms with Crippen molar-refractivity contribution in [2.24, 2.45) is 11.3 Å². The largest absolute Gasteiger partial charge is 0.328 e. The van der Waals surface area contributed by atoms with E-state index in [1.807, 2.05) is 28.9 Å². The minimum absolute atomic E-state index is 0.176. The van der Waals surface area contributed by atoms with Gasteiger partial charge in [-0.2, -0.15) is 4.98 Å². The Kier molecular flexibility index (Phi) is 4.35. The van der Waals surface area contributed by atoms with E-state index in [1.54, 1.807) is 11.8 Å². The zero-order valence-corrected chi connectivity index (χ0v) is 16.6. The van der Waals surface area contributed by atoms with Crippen LogP contribution >= 0.6 is 23.4 Å². The van der Waals surface area contributed by atoms with E-state index in [2.05, 4.69) is 42.2 Å². The van der Waals surface area contributed by atoms with Crippen LogP contribution in [0, 0.1) is 11.3 Å². The second kappa shape index (κ2) is 6.43. The molecule has 0 saturated carbocycles. The highest BCUT2D eigenvalue weighted by Crippen LogP contribution is 2.46. The number of nitrogens with zero attached hydrogens (tertiary/aromatic N) is 3. The summed E-state index contributed by atoms with van der Waals surface area (Å²) in [4.78, 5) is 17.7. The summed E-state index contributed by atoms with van der Waals surface area (Å²) in [6.07, 6.45) is 2.66. The molecule has 1 aliphatic heterocycles. The number of hydrogen-bond donors (Lipinski definition) is 1. The minimum atomic E-state index is -0.323. The number of nitrogens with one attached hydrogen (secondary N) is 1. The Balaban J connectivity index is 1.91. The second-order valence-electron chi connectivity index (χ2n) is 7.40. The summed E-state index contributed by atoms with van der Waals surface area (Å²) >= 11 is 8.09. The molecule has 1 N–H and O–H groups in total. The number of Topliss-reactive ketones (excluding diaryl/α,β-unsaturated/α-hetero) is 1. The summed E-state index contributed by atoms with van der Waals surface area (Å²) in [6, 6.07) is 7.39. The number of carbonyl (C=O) groups excluding carboxylic acids is 1. The summed E-state index contributed by atoms with van der Waals surface area (Å²) in [7, 11) is 0. The van der Waals surface area contributed by atoms with Gasteiger partial charge in [0.25, 0.3) is 0 Å². The number of fused-ring (bicyclic) bond motifs is 2. The molecule has 1 aromatic carbocycles. The highest BCUT2D eigenvalue weighted by Gasteiger charge is 2.45. The summed E-state index contributed by atoms with van der Waals surface area (Å²) < 4.78 is 1.83. The van der Waals surface area contributed by atoms with Crippen molar-refractivity contribution in [3.63, 3.8) is 0 Å². The Morgan fingerprint density at radius 2 is 2.15 bits per heavy atom. The molecule has 4 rings (SSSR count). The van der Waals surface area contributed by atoms with Gasteiger partial charge in [0.1, 0.15) is 5.78 Å². The van der Waals surface area contributed by atoms with Crippen molar-refractivity contribution >= 4 is 35.1 Å². The quantitative estimate of drug-likeness (QED) is 0.781. The summed E-state index contributed by atoms with van der Waals surface area (Å²) in [6.45, 7) is 6.23. The van der Waals surface area contributed by atoms with Crippen LogP contribution in [0.15, 0.2) is 41.2 Å². The Morgan fingerprint density at radius 3 is 2.88 bits per heavy atom. The molecule has 0 saturated heterocycles. The number of allylic oxidation sites excluding steroid dienone is 2. The fraction of sp³-hybridized carbons (Fsp3) is 0.421. The number of benzene rings is 1. The number of aromatic nitrogens is 3. The van der Waals surface area contributed by atoms with Crippen molar-refractivity contribution in [2.45, 2.75) is 38.4 Å². The maximum atomic E-state index is 13.1. The number of hydrogen-bond acceptors (Lipinski definition) is 5. The van der Waals surface area contributed by atoms with Gasteiger partial charge in [0.2, 0.25) is 11.1 Å². The summed E-state index contributed by atoms with van der Waals surface area (Å²) in [5, 5.41) is 9.37. The molecule has 5 nitrogen and oxygen atoms in total. The highest BCUT2D eigenvalue weighted by atomic mass is 35.5. The lowest BCUT2D eigenvalue weighted by molar-refractivity contribution is -0.125. The zero-order chi connectivity index (χ0) is 18.5. The first-order chi connectivity index (χ1) is 12.4. The first kappa shape index (κ1) is 17.6. The molecular weight excluding hydrogens is 368 g/mol. The number of anilines is 1. The third-order valence-corrected chi connectivity index (χ3v) is 5.87. The molecule has 2 heterocycles. The summed E-state index contributed by atoms with van der Waals surface area (Å²) in [5.74, 6) is 1.43. The van der Waals surface area contributed by atoms with Crippen LogP contribution in [0.4, 0.5) is 5.95 Å². The molecule has 0 bridgehead atoms. The lowest BCUT2D eigenvalue weighted by Crippen LogP contribution is -2.42. The number of thioether (sulfide) groups is 1. The van der Waals surface area contributed by atoms with Gasteiger partial charge in [0.05, 0.1) is 12.0 Å². The molecule has 2 aromatic rings. The first-order valence-corrected chi connectivity index (χ1v) is 10.1. The number of rotatable bonds is 3. The molecule has 7 heteroatoms. The average Bonchev–Trinajstić information content (AvgIpc) is 2.95. The van der Waals surface area contributed by atoms with Crippen molar-refractivity contribution < 1.29 is 4.79 Å². The molecule has 0 fully saturated rings. The number of carbonyl (C=O) groups is 1. The molecule has 0 unspecified atom stereocenters. The van der Waals surface area contributed by atoms with Gasteiger partial charge in [-0.05, 0) is 22.8 Å². The molecule has 0 amide bonds. The number of halogens is 1. The third kappa shape index (κ3) is 2.95. The van der Waals surface area contributed by atoms with E-state index in [-0.39, 0.29) is 23.2 Å². The molecule has 1 aliphatic carbocycles. The Morgan fingerprint density at radius 1 is 1.38 bits per heavy atom. The van der Waals surface area contributed by atoms with Crippen LogP contribution in [0.5, 0.6) is 0 Å². The SMILES string of the molecule is CCSc1nc2n(n1)[C@@H](c1ccccc1Cl)[C@@H]1C(=O)CC(C)(C)C=C1N2. The van der Waals surface area contributed by atoms with Gasteiger partial charge in [-0.15, -0.1) is 5.10 Å². The zero-order valence-electron chi connectivity index (χ0n) is 15.0. The average molecular weight is 389 g/mol. The van der Waals surface area contributed by atoms with Gasteiger partial charge < -0.3 is 5.32 Å². The lowest BCUT2D eigenvalue weighted by Gasteiger charge is -2.40. The predicted molar refractivity (Wildman–Crippen MR) is 105 cm³/mol. The van der Waals surface area contributed by atoms with Gasteiger partial charge in [-0.25, -0.2) is 4.68 Å². The van der Waals surface area contributed by atoms with Crippen molar-refractivity contribution in [1.82, 2.24) is 14.8 Å². The van der Waals surface area contributed by atoms with Crippen molar-refractivity contribution in [2.75, 3.05) is 11.1 Å². The third-order valence-electron chi connectivity index (χ3n) is 4.80. The molecule has 0 spiro atoms. The van der Waals surface area contributed by atoms with E-state index in [9.17, 15) is 4.79 Å². The molecule has 1 aromatic heterocycles. The van der Waals surface area contributed by atoms with E-state index >= 15 is 0 Å². The Bertz CT molecular complexity index is 905. The van der Waals surface area contributed by atoms with Crippen LogP contribution < -0.4 is 5.32 Å². The van der Waals surface area contributed by atoms with E-state index in [4.69, 9.17) is 11.6 Å². The molecule has 0 radical (unpaired) electrons. The normalized spacial score (nSPS) is 23.7. The second-order valence-corrected chi connectivity index (χ2v) is 9.03. The lowest BCUT2D eigenvalue weighted by atomic mass is 9.72. The predicted octanol–water partition coefficient (Wildman–Crippen LogP) is 4.56. The van der Waals surface area contributed by atoms with Crippen LogP contribution in [0.1, 0.15) is 38.8 Å². The molecule has 136 valence electrons. The van der Waals surface area contributed by atoms with Crippen molar-refractivity contribution in [1.29, 1.82) is 0 Å². The van der Waals surface area contributed by atoms with Gasteiger partial charge in [0.15, 0.2) is 0 Å². The number of ketones is 1. The Hall–Kier alpha value is -1.79. The topological polar surface area (TPSA) is 59.8 Å². The van der Waals surface area contributed by atoms with E-state index < -0.39 is 0 Å². The molecular formula is C19H21ClN4OS. The highest BCUT2D eigenvalue weighted by molar-refractivity contribution is 7.99. The van der Waals surface area contributed by atoms with Gasteiger partial charge in [-0.1, -0.05) is 68.4 Å². The van der Waals surface area contributed by atoms with Crippen molar-refractivity contribution in [3.8, 4) is 0 Å².